The third-order valence-electron chi connectivity index (χ3n) is 5.59. The predicted molar refractivity (Wildman–Crippen MR) is 114 cm³/mol. The van der Waals surface area contributed by atoms with Crippen LogP contribution in [0.25, 0.3) is 28.1 Å². The van der Waals surface area contributed by atoms with Gasteiger partial charge in [0, 0.05) is 23.8 Å². The molecule has 1 fully saturated rings. The van der Waals surface area contributed by atoms with Gasteiger partial charge < -0.3 is 9.47 Å². The Morgan fingerprint density at radius 2 is 1.67 bits per heavy atom. The molecular formula is C22H23BrN4. The quantitative estimate of drug-likeness (QED) is 0.451. The van der Waals surface area contributed by atoms with Crippen LogP contribution in [0.5, 0.6) is 0 Å². The molecule has 1 aliphatic rings. The number of fused-ring (bicyclic) bond motifs is 3. The van der Waals surface area contributed by atoms with Crippen LogP contribution in [-0.4, -0.2) is 38.5 Å². The van der Waals surface area contributed by atoms with Crippen molar-refractivity contribution in [2.75, 3.05) is 19.6 Å². The molecule has 0 spiro atoms. The molecule has 5 heteroatoms. The van der Waals surface area contributed by atoms with Crippen LogP contribution in [0.3, 0.4) is 0 Å². The molecule has 0 bridgehead atoms. The lowest BCUT2D eigenvalue weighted by molar-refractivity contribution is 0.222. The van der Waals surface area contributed by atoms with Crippen molar-refractivity contribution < 1.29 is 0 Å². The van der Waals surface area contributed by atoms with Crippen molar-refractivity contribution in [1.82, 2.24) is 18.9 Å². The van der Waals surface area contributed by atoms with Crippen molar-refractivity contribution in [3.05, 3.63) is 59.2 Å². The van der Waals surface area contributed by atoms with Crippen LogP contribution in [0.1, 0.15) is 19.3 Å². The van der Waals surface area contributed by atoms with Crippen molar-refractivity contribution in [2.24, 2.45) is 0 Å². The van der Waals surface area contributed by atoms with Crippen molar-refractivity contribution in [1.29, 1.82) is 0 Å². The summed E-state index contributed by atoms with van der Waals surface area (Å²) >= 11 is 3.55. The minimum atomic E-state index is 0.964. The first-order valence-corrected chi connectivity index (χ1v) is 10.5. The van der Waals surface area contributed by atoms with Crippen LogP contribution in [0.4, 0.5) is 0 Å². The molecule has 0 atom stereocenters. The van der Waals surface area contributed by atoms with E-state index in [2.05, 4.69) is 84.5 Å². The molecule has 2 aromatic carbocycles. The fraction of sp³-hybridized carbons (Fsp3) is 0.318. The average molecular weight is 423 g/mol. The fourth-order valence-electron chi connectivity index (χ4n) is 4.15. The van der Waals surface area contributed by atoms with Crippen LogP contribution in [0.2, 0.25) is 0 Å². The zero-order valence-corrected chi connectivity index (χ0v) is 16.9. The Labute approximate surface area is 167 Å². The Balaban J connectivity index is 1.59. The van der Waals surface area contributed by atoms with E-state index in [4.69, 9.17) is 4.98 Å². The Bertz CT molecular complexity index is 1070. The molecular weight excluding hydrogens is 400 g/mol. The van der Waals surface area contributed by atoms with Crippen LogP contribution in [-0.2, 0) is 6.54 Å². The lowest BCUT2D eigenvalue weighted by atomic mass is 10.1. The Hall–Kier alpha value is -2.11. The van der Waals surface area contributed by atoms with Crippen molar-refractivity contribution in [2.45, 2.75) is 25.8 Å². The molecule has 5 rings (SSSR count). The first-order valence-electron chi connectivity index (χ1n) is 9.74. The minimum absolute atomic E-state index is 0.964. The molecule has 0 N–H and O–H groups in total. The van der Waals surface area contributed by atoms with Crippen LogP contribution < -0.4 is 0 Å². The maximum absolute atomic E-state index is 4.94. The second-order valence-electron chi connectivity index (χ2n) is 7.35. The maximum atomic E-state index is 4.94. The molecule has 2 aromatic heterocycles. The van der Waals surface area contributed by atoms with Crippen molar-refractivity contribution >= 4 is 32.7 Å². The molecule has 0 aliphatic carbocycles. The number of hydrogen-bond acceptors (Lipinski definition) is 2. The topological polar surface area (TPSA) is 25.5 Å². The Morgan fingerprint density at radius 3 is 2.48 bits per heavy atom. The smallest absolute Gasteiger partial charge is 0.215 e. The van der Waals surface area contributed by atoms with Gasteiger partial charge in [-0.05, 0) is 55.8 Å². The highest BCUT2D eigenvalue weighted by molar-refractivity contribution is 9.10. The van der Waals surface area contributed by atoms with E-state index in [0.717, 1.165) is 28.9 Å². The molecule has 138 valence electrons. The Kier molecular flexibility index (Phi) is 4.50. The van der Waals surface area contributed by atoms with E-state index in [1.165, 1.54) is 49.1 Å². The number of imidazole rings is 2. The molecule has 27 heavy (non-hydrogen) atoms. The monoisotopic (exact) mass is 422 g/mol. The first-order chi connectivity index (χ1) is 13.3. The number of para-hydroxylation sites is 2. The molecule has 1 saturated heterocycles. The molecule has 1 aliphatic heterocycles. The largest absolute Gasteiger partial charge is 0.308 e. The average Bonchev–Trinajstić information content (AvgIpc) is 3.24. The van der Waals surface area contributed by atoms with Gasteiger partial charge in [-0.25, -0.2) is 4.98 Å². The number of piperidine rings is 1. The molecule has 0 saturated carbocycles. The first kappa shape index (κ1) is 17.0. The molecule has 3 heterocycles. The van der Waals surface area contributed by atoms with Gasteiger partial charge in [-0.2, -0.15) is 0 Å². The fourth-order valence-corrected chi connectivity index (χ4v) is 4.41. The van der Waals surface area contributed by atoms with Crippen LogP contribution >= 0.6 is 15.9 Å². The summed E-state index contributed by atoms with van der Waals surface area (Å²) in [6, 6.07) is 17.0. The summed E-state index contributed by atoms with van der Waals surface area (Å²) in [7, 11) is 0. The van der Waals surface area contributed by atoms with Gasteiger partial charge in [-0.15, -0.1) is 0 Å². The number of halogens is 1. The second-order valence-corrected chi connectivity index (χ2v) is 8.26. The highest BCUT2D eigenvalue weighted by Crippen LogP contribution is 2.28. The number of rotatable bonds is 4. The van der Waals surface area contributed by atoms with E-state index < -0.39 is 0 Å². The van der Waals surface area contributed by atoms with Gasteiger partial charge in [-0.1, -0.05) is 46.6 Å². The molecule has 4 aromatic rings. The maximum Gasteiger partial charge on any atom is 0.215 e. The number of likely N-dealkylation sites (tertiary alicyclic amines) is 1. The lowest BCUT2D eigenvalue weighted by Crippen LogP contribution is -2.32. The third kappa shape index (κ3) is 3.19. The van der Waals surface area contributed by atoms with Crippen molar-refractivity contribution in [3.63, 3.8) is 0 Å². The van der Waals surface area contributed by atoms with Gasteiger partial charge in [0.05, 0.1) is 16.7 Å². The SMILES string of the molecule is Brc1ccc(-c2cn3c4ccccc4nc3n2CCN2CCCCC2)cc1. The van der Waals surface area contributed by atoms with E-state index in [-0.39, 0.29) is 0 Å². The van der Waals surface area contributed by atoms with E-state index in [9.17, 15) is 0 Å². The zero-order chi connectivity index (χ0) is 18.2. The summed E-state index contributed by atoms with van der Waals surface area (Å²) in [5, 5.41) is 0. The number of nitrogens with zero attached hydrogens (tertiary/aromatic N) is 4. The highest BCUT2D eigenvalue weighted by Gasteiger charge is 2.17. The number of hydrogen-bond donors (Lipinski definition) is 0. The molecule has 0 amide bonds. The van der Waals surface area contributed by atoms with Gasteiger partial charge in [0.1, 0.15) is 0 Å². The summed E-state index contributed by atoms with van der Waals surface area (Å²) in [6.45, 7) is 4.49. The van der Waals surface area contributed by atoms with Gasteiger partial charge in [-0.3, -0.25) is 4.40 Å². The molecule has 0 radical (unpaired) electrons. The summed E-state index contributed by atoms with van der Waals surface area (Å²) in [6.07, 6.45) is 6.27. The van der Waals surface area contributed by atoms with E-state index in [0.29, 0.717) is 0 Å². The summed E-state index contributed by atoms with van der Waals surface area (Å²) in [5.41, 5.74) is 4.68. The van der Waals surface area contributed by atoms with Crippen LogP contribution in [0, 0.1) is 0 Å². The summed E-state index contributed by atoms with van der Waals surface area (Å²) < 4.78 is 5.73. The van der Waals surface area contributed by atoms with Gasteiger partial charge in [0.2, 0.25) is 5.78 Å². The third-order valence-corrected chi connectivity index (χ3v) is 6.12. The summed E-state index contributed by atoms with van der Waals surface area (Å²) in [5.74, 6) is 1.03. The minimum Gasteiger partial charge on any atom is -0.308 e. The number of aromatic nitrogens is 3. The molecule has 0 unspecified atom stereocenters. The van der Waals surface area contributed by atoms with Gasteiger partial charge in [0.15, 0.2) is 0 Å². The normalized spacial score (nSPS) is 15.7. The molecule has 4 nitrogen and oxygen atoms in total. The number of benzene rings is 2. The van der Waals surface area contributed by atoms with Gasteiger partial charge in [0.25, 0.3) is 0 Å². The zero-order valence-electron chi connectivity index (χ0n) is 15.3. The van der Waals surface area contributed by atoms with Crippen LogP contribution in [0.15, 0.2) is 59.2 Å². The highest BCUT2D eigenvalue weighted by atomic mass is 79.9. The summed E-state index contributed by atoms with van der Waals surface area (Å²) in [4.78, 5) is 7.53. The van der Waals surface area contributed by atoms with Crippen molar-refractivity contribution in [3.8, 4) is 11.3 Å². The van der Waals surface area contributed by atoms with E-state index in [1.807, 2.05) is 0 Å². The second kappa shape index (κ2) is 7.13. The van der Waals surface area contributed by atoms with Gasteiger partial charge >= 0.3 is 0 Å². The lowest BCUT2D eigenvalue weighted by Gasteiger charge is -2.26. The van der Waals surface area contributed by atoms with E-state index in [1.54, 1.807) is 0 Å². The predicted octanol–water partition coefficient (Wildman–Crippen LogP) is 5.20. The standard InChI is InChI=1S/C22H23BrN4/c23-18-10-8-17(9-11-18)21-16-27-20-7-3-2-6-19(20)24-22(27)26(21)15-14-25-12-4-1-5-13-25/h2-3,6-11,16H,1,4-5,12-15H2. The van der Waals surface area contributed by atoms with E-state index >= 15 is 0 Å². The Morgan fingerprint density at radius 1 is 0.889 bits per heavy atom.